The molecule has 0 aromatic rings. The van der Waals surface area contributed by atoms with Crippen LogP contribution in [0.1, 0.15) is 20.8 Å². The molecule has 1 aliphatic heterocycles. The summed E-state index contributed by atoms with van der Waals surface area (Å²) in [7, 11) is 2.08. The first-order valence-electron chi connectivity index (χ1n) is 5.60. The van der Waals surface area contributed by atoms with E-state index in [2.05, 4.69) is 23.8 Å². The Morgan fingerprint density at radius 3 is 2.40 bits per heavy atom. The van der Waals surface area contributed by atoms with E-state index in [0.717, 1.165) is 19.6 Å². The predicted molar refractivity (Wildman–Crippen MR) is 59.9 cm³/mol. The van der Waals surface area contributed by atoms with E-state index in [1.165, 1.54) is 0 Å². The van der Waals surface area contributed by atoms with Crippen molar-refractivity contribution >= 4 is 5.97 Å². The molecule has 0 saturated carbocycles. The lowest BCUT2D eigenvalue weighted by Gasteiger charge is -2.42. The lowest BCUT2D eigenvalue weighted by molar-refractivity contribution is -0.147. The highest BCUT2D eigenvalue weighted by atomic mass is 16.4. The Balaban J connectivity index is 2.71. The predicted octanol–water partition coefficient (Wildman–Crippen LogP) is 0.732. The van der Waals surface area contributed by atoms with E-state index < -0.39 is 5.97 Å². The molecule has 0 amide bonds. The molecule has 1 fully saturated rings. The lowest BCUT2D eigenvalue weighted by Crippen LogP contribution is -2.57. The molecule has 0 aromatic heterocycles. The average Bonchev–Trinajstić information content (AvgIpc) is 2.08. The molecule has 0 spiro atoms. The lowest BCUT2D eigenvalue weighted by atomic mass is 9.99. The van der Waals surface area contributed by atoms with Gasteiger partial charge in [-0.3, -0.25) is 9.69 Å². The molecule has 4 heteroatoms. The summed E-state index contributed by atoms with van der Waals surface area (Å²) in [6, 6.07) is -0.0130. The van der Waals surface area contributed by atoms with Gasteiger partial charge in [0.2, 0.25) is 0 Å². The second kappa shape index (κ2) is 4.94. The van der Waals surface area contributed by atoms with Crippen molar-refractivity contribution in [3.63, 3.8) is 0 Å². The van der Waals surface area contributed by atoms with E-state index in [4.69, 9.17) is 0 Å². The maximum atomic E-state index is 11.2. The number of hydrogen-bond acceptors (Lipinski definition) is 3. The monoisotopic (exact) mass is 214 g/mol. The Morgan fingerprint density at radius 2 is 2.00 bits per heavy atom. The van der Waals surface area contributed by atoms with Crippen molar-refractivity contribution in [2.75, 3.05) is 26.7 Å². The second-order valence-electron chi connectivity index (χ2n) is 4.88. The zero-order valence-electron chi connectivity index (χ0n) is 10.1. The number of rotatable bonds is 3. The maximum absolute atomic E-state index is 11.2. The van der Waals surface area contributed by atoms with Crippen molar-refractivity contribution in [3.8, 4) is 0 Å². The van der Waals surface area contributed by atoms with Crippen LogP contribution < -0.4 is 0 Å². The number of carboxylic acid groups (broad SMARTS) is 1. The molecule has 4 nitrogen and oxygen atoms in total. The number of hydrogen-bond donors (Lipinski definition) is 1. The van der Waals surface area contributed by atoms with Crippen LogP contribution in [0.2, 0.25) is 0 Å². The number of carbonyl (C=O) groups is 1. The largest absolute Gasteiger partial charge is 0.480 e. The van der Waals surface area contributed by atoms with Crippen LogP contribution in [-0.4, -0.2) is 59.6 Å². The SMILES string of the molecule is CC(C)C(C(=O)O)N1CCN(C)CC1C. The molecule has 1 rings (SSSR count). The van der Waals surface area contributed by atoms with E-state index in [1.54, 1.807) is 0 Å². The number of carboxylic acids is 1. The minimum atomic E-state index is -0.693. The fourth-order valence-corrected chi connectivity index (χ4v) is 2.38. The van der Waals surface area contributed by atoms with Crippen LogP contribution in [0.4, 0.5) is 0 Å². The second-order valence-corrected chi connectivity index (χ2v) is 4.88. The molecule has 88 valence electrons. The highest BCUT2D eigenvalue weighted by Gasteiger charge is 2.34. The fraction of sp³-hybridized carbons (Fsp3) is 0.909. The van der Waals surface area contributed by atoms with Gasteiger partial charge in [-0.15, -0.1) is 0 Å². The van der Waals surface area contributed by atoms with Crippen molar-refractivity contribution in [2.45, 2.75) is 32.9 Å². The molecule has 1 heterocycles. The van der Waals surface area contributed by atoms with Gasteiger partial charge in [-0.2, -0.15) is 0 Å². The van der Waals surface area contributed by atoms with Crippen molar-refractivity contribution in [1.82, 2.24) is 9.80 Å². The van der Waals surface area contributed by atoms with Crippen LogP contribution in [0.5, 0.6) is 0 Å². The van der Waals surface area contributed by atoms with Crippen molar-refractivity contribution in [2.24, 2.45) is 5.92 Å². The standard InChI is InChI=1S/C11H22N2O2/c1-8(2)10(11(14)15)13-6-5-12(4)7-9(13)3/h8-10H,5-7H2,1-4H3,(H,14,15). The fourth-order valence-electron chi connectivity index (χ4n) is 2.38. The maximum Gasteiger partial charge on any atom is 0.321 e. The van der Waals surface area contributed by atoms with E-state index in [-0.39, 0.29) is 12.0 Å². The number of aliphatic carboxylic acids is 1. The number of likely N-dealkylation sites (N-methyl/N-ethyl adjacent to an activating group) is 1. The van der Waals surface area contributed by atoms with Crippen molar-refractivity contribution < 1.29 is 9.90 Å². The van der Waals surface area contributed by atoms with Gasteiger partial charge in [-0.25, -0.2) is 0 Å². The minimum Gasteiger partial charge on any atom is -0.480 e. The topological polar surface area (TPSA) is 43.8 Å². The summed E-state index contributed by atoms with van der Waals surface area (Å²) in [6.45, 7) is 8.83. The molecule has 2 atom stereocenters. The van der Waals surface area contributed by atoms with Gasteiger partial charge in [-0.1, -0.05) is 13.8 Å². The molecule has 0 aliphatic carbocycles. The molecule has 1 aliphatic rings. The first-order chi connectivity index (χ1) is 6.93. The summed E-state index contributed by atoms with van der Waals surface area (Å²) < 4.78 is 0. The van der Waals surface area contributed by atoms with Gasteiger partial charge in [0.15, 0.2) is 0 Å². The smallest absolute Gasteiger partial charge is 0.321 e. The van der Waals surface area contributed by atoms with Gasteiger partial charge >= 0.3 is 5.97 Å². The first kappa shape index (κ1) is 12.5. The van der Waals surface area contributed by atoms with E-state index in [0.29, 0.717) is 6.04 Å². The zero-order valence-corrected chi connectivity index (χ0v) is 10.1. The number of piperazine rings is 1. The molecule has 1 saturated heterocycles. The Bertz CT molecular complexity index is 231. The van der Waals surface area contributed by atoms with Crippen LogP contribution in [0.3, 0.4) is 0 Å². The molecule has 0 bridgehead atoms. The van der Waals surface area contributed by atoms with Gasteiger partial charge in [-0.05, 0) is 19.9 Å². The van der Waals surface area contributed by atoms with Gasteiger partial charge in [0.05, 0.1) is 0 Å². The highest BCUT2D eigenvalue weighted by Crippen LogP contribution is 2.18. The molecular weight excluding hydrogens is 192 g/mol. The van der Waals surface area contributed by atoms with Crippen LogP contribution in [0, 0.1) is 5.92 Å². The molecule has 1 N–H and O–H groups in total. The third-order valence-corrected chi connectivity index (χ3v) is 3.12. The minimum absolute atomic E-state index is 0.161. The summed E-state index contributed by atoms with van der Waals surface area (Å²) in [4.78, 5) is 15.6. The van der Waals surface area contributed by atoms with E-state index >= 15 is 0 Å². The number of nitrogens with zero attached hydrogens (tertiary/aromatic N) is 2. The van der Waals surface area contributed by atoms with Gasteiger partial charge in [0, 0.05) is 25.7 Å². The van der Waals surface area contributed by atoms with Gasteiger partial charge in [0.1, 0.15) is 6.04 Å². The Hall–Kier alpha value is -0.610. The quantitative estimate of drug-likeness (QED) is 0.752. The van der Waals surface area contributed by atoms with Crippen molar-refractivity contribution in [1.29, 1.82) is 0 Å². The Labute approximate surface area is 91.9 Å². The van der Waals surface area contributed by atoms with Gasteiger partial charge < -0.3 is 10.0 Å². The third kappa shape index (κ3) is 2.92. The first-order valence-corrected chi connectivity index (χ1v) is 5.60. The third-order valence-electron chi connectivity index (χ3n) is 3.12. The Kier molecular flexibility index (Phi) is 4.11. The highest BCUT2D eigenvalue weighted by molar-refractivity contribution is 5.73. The van der Waals surface area contributed by atoms with E-state index in [9.17, 15) is 9.90 Å². The normalized spacial score (nSPS) is 26.9. The average molecular weight is 214 g/mol. The van der Waals surface area contributed by atoms with Crippen LogP contribution >= 0.6 is 0 Å². The van der Waals surface area contributed by atoms with Crippen molar-refractivity contribution in [3.05, 3.63) is 0 Å². The molecule has 0 aromatic carbocycles. The van der Waals surface area contributed by atoms with Crippen LogP contribution in [0.15, 0.2) is 0 Å². The molecular formula is C11H22N2O2. The summed E-state index contributed by atoms with van der Waals surface area (Å²) in [6.07, 6.45) is 0. The van der Waals surface area contributed by atoms with Crippen LogP contribution in [-0.2, 0) is 4.79 Å². The summed E-state index contributed by atoms with van der Waals surface area (Å²) >= 11 is 0. The van der Waals surface area contributed by atoms with Crippen LogP contribution in [0.25, 0.3) is 0 Å². The molecule has 2 unspecified atom stereocenters. The molecule has 15 heavy (non-hydrogen) atoms. The Morgan fingerprint density at radius 1 is 1.40 bits per heavy atom. The van der Waals surface area contributed by atoms with E-state index in [1.807, 2.05) is 13.8 Å². The summed E-state index contributed by atoms with van der Waals surface area (Å²) in [5.74, 6) is -0.533. The summed E-state index contributed by atoms with van der Waals surface area (Å²) in [5, 5.41) is 9.22. The summed E-state index contributed by atoms with van der Waals surface area (Å²) in [5.41, 5.74) is 0. The zero-order chi connectivity index (χ0) is 11.6. The molecule has 0 radical (unpaired) electrons. The van der Waals surface area contributed by atoms with Gasteiger partial charge in [0.25, 0.3) is 0 Å².